The van der Waals surface area contributed by atoms with E-state index >= 15 is 0 Å². The van der Waals surface area contributed by atoms with Gasteiger partial charge in [0.2, 0.25) is 0 Å². The van der Waals surface area contributed by atoms with E-state index in [2.05, 4.69) is 0 Å². The Balaban J connectivity index is -0.00000000222. The third kappa shape index (κ3) is 145. The zero-order chi connectivity index (χ0) is 4.50. The van der Waals surface area contributed by atoms with Gasteiger partial charge in [-0.1, -0.05) is 0 Å². The monoisotopic (exact) mass is 253 g/mol. The van der Waals surface area contributed by atoms with Crippen LogP contribution in [0.25, 0.3) is 0 Å². The van der Waals surface area contributed by atoms with Crippen molar-refractivity contribution in [1.29, 1.82) is 0 Å². The van der Waals surface area contributed by atoms with Crippen molar-refractivity contribution >= 4 is 98.3 Å². The van der Waals surface area contributed by atoms with Crippen molar-refractivity contribution in [3.63, 3.8) is 0 Å². The molecule has 0 rings (SSSR count). The van der Waals surface area contributed by atoms with Crippen LogP contribution in [-0.2, 0) is 10.4 Å². The quantitative estimate of drug-likeness (QED) is 0.367. The van der Waals surface area contributed by atoms with E-state index in [1.165, 1.54) is 0 Å². The molecule has 0 atom stereocenters. The number of halogens is 1. The number of rotatable bonds is 0. The van der Waals surface area contributed by atoms with Crippen molar-refractivity contribution in [2.24, 2.45) is 0 Å². The van der Waals surface area contributed by atoms with Crippen molar-refractivity contribution in [2.75, 3.05) is 0 Å². The zero-order valence-electron chi connectivity index (χ0n) is 9.15. The molecule has 10 heavy (non-hydrogen) atoms. The summed E-state index contributed by atoms with van der Waals surface area (Å²) in [6, 6.07) is 0. The average Bonchev–Trinajstić information content (AvgIpc) is 0.722. The van der Waals surface area contributed by atoms with Crippen LogP contribution >= 0.6 is 12.4 Å². The predicted octanol–water partition coefficient (Wildman–Crippen LogP) is -1.21. The fraction of sp³-hybridized carbons (Fsp3) is 0. The van der Waals surface area contributed by atoms with Crippen molar-refractivity contribution in [3.05, 3.63) is 0 Å². The van der Waals surface area contributed by atoms with E-state index in [1.54, 1.807) is 0 Å². The molecule has 0 saturated heterocycles. The molecule has 0 fully saturated rings. The Morgan fingerprint density at radius 1 is 1.10 bits per heavy atom. The molecule has 64 valence electrons. The largest absolute Gasteiger partial charge is 2.00 e. The molecule has 6 nitrogen and oxygen atoms in total. The molecule has 7 N–H and O–H groups in total. The minimum absolute atomic E-state index is 0. The average molecular weight is 254 g/mol. The first-order valence-corrected chi connectivity index (χ1v) is 2.10. The minimum Gasteiger partial charge on any atom is -1.00 e. The molecule has 0 heterocycles. The van der Waals surface area contributed by atoms with Crippen LogP contribution in [0.3, 0.4) is 0 Å². The molecule has 10 heteroatoms. The van der Waals surface area contributed by atoms with Crippen LogP contribution < -0.4 is 6.15 Å². The van der Waals surface area contributed by atoms with Gasteiger partial charge in [0.1, 0.15) is 0 Å². The summed E-state index contributed by atoms with van der Waals surface area (Å²) < 4.78 is 31.6. The van der Waals surface area contributed by atoms with Gasteiger partial charge in [-0.25, -0.2) is 0 Å². The van der Waals surface area contributed by atoms with Crippen molar-refractivity contribution in [2.45, 2.75) is 0 Å². The predicted molar refractivity (Wildman–Crippen MR) is 46.0 cm³/mol. The Hall–Kier alpha value is 2.60. The molecular weight excluding hydrogens is 242 g/mol. The maximum absolute atomic E-state index is 8.74. The van der Waals surface area contributed by atoms with Crippen LogP contribution in [0.15, 0.2) is 0 Å². The summed E-state index contributed by atoms with van der Waals surface area (Å²) in [4.78, 5) is 0. The Morgan fingerprint density at radius 2 is 1.10 bits per heavy atom. The molecule has 0 bridgehead atoms. The molecule has 0 aliphatic rings. The van der Waals surface area contributed by atoms with Gasteiger partial charge >= 0.3 is 85.9 Å². The van der Waals surface area contributed by atoms with Gasteiger partial charge in [0, 0.05) is 0 Å². The Bertz CT molecular complexity index is 115. The van der Waals surface area contributed by atoms with Gasteiger partial charge in [-0.15, -0.1) is 12.4 Å². The molecule has 0 spiro atoms. The van der Waals surface area contributed by atoms with Gasteiger partial charge in [-0.3, -0.25) is 9.11 Å². The first kappa shape index (κ1) is 38.9. The molecule has 0 aromatic rings. The van der Waals surface area contributed by atoms with Gasteiger partial charge in [0.25, 0.3) is 0 Å². The van der Waals surface area contributed by atoms with Crippen molar-refractivity contribution < 1.29 is 28.7 Å². The fourth-order valence-corrected chi connectivity index (χ4v) is 0. The first-order chi connectivity index (χ1) is 2.00. The Kier molecular flexibility index (Phi) is 68.6. The van der Waals surface area contributed by atoms with E-state index in [0.29, 0.717) is 0 Å². The van der Waals surface area contributed by atoms with Crippen molar-refractivity contribution in [1.82, 2.24) is 6.15 Å². The Morgan fingerprint density at radius 3 is 1.10 bits per heavy atom. The molecule has 0 unspecified atom stereocenters. The molecule has 0 aromatic carbocycles. The maximum Gasteiger partial charge on any atom is 2.00 e. The van der Waals surface area contributed by atoms with E-state index in [1.807, 2.05) is 0 Å². The molecule has 0 amide bonds. The molecule has 0 aliphatic heterocycles. The zero-order valence-corrected chi connectivity index (χ0v) is 11.2. The number of hydrogen-bond acceptors (Lipinski definition) is 3. The van der Waals surface area contributed by atoms with Crippen LogP contribution in [0.2, 0.25) is 0 Å². The van der Waals surface area contributed by atoms with E-state index in [9.17, 15) is 0 Å². The van der Waals surface area contributed by atoms with Gasteiger partial charge in [0.05, 0.1) is 0 Å². The summed E-state index contributed by atoms with van der Waals surface area (Å²) in [6.45, 7) is 0. The normalized spacial score (nSPS) is 5.80. The van der Waals surface area contributed by atoms with Gasteiger partial charge in [-0.2, -0.15) is 8.42 Å². The third-order valence-electron chi connectivity index (χ3n) is 0. The molecule has 0 aromatic heterocycles. The summed E-state index contributed by atoms with van der Waals surface area (Å²) in [5.74, 6) is 0. The van der Waals surface area contributed by atoms with Gasteiger partial charge in [-0.05, 0) is 0 Å². The summed E-state index contributed by atoms with van der Waals surface area (Å²) in [5, 5.41) is 0. The van der Waals surface area contributed by atoms with E-state index in [0.717, 1.165) is 0 Å². The first-order valence-electron chi connectivity index (χ1n) is 0.698. The SMILES string of the molecule is Cl.N.O.O=S(=O)(O)O.[Ca+2].[Ca+2].[H-].[H-].[H-].[H-]. The van der Waals surface area contributed by atoms with Crippen LogP contribution in [0.1, 0.15) is 5.71 Å². The maximum atomic E-state index is 8.74. The van der Waals surface area contributed by atoms with Crippen LogP contribution in [0.4, 0.5) is 0 Å². The van der Waals surface area contributed by atoms with Crippen LogP contribution in [0, 0.1) is 0 Å². The van der Waals surface area contributed by atoms with E-state index in [-0.39, 0.29) is 105 Å². The summed E-state index contributed by atoms with van der Waals surface area (Å²) in [5.41, 5.74) is 0. The second kappa shape index (κ2) is 17.6. The molecular formula is H12Ca2ClNO5S. The van der Waals surface area contributed by atoms with E-state index < -0.39 is 10.4 Å². The summed E-state index contributed by atoms with van der Waals surface area (Å²) >= 11 is 0. The standard InChI is InChI=1S/2Ca.ClH.H3N.H2O4S.H2O.4H/c;;;;1-5(2,3)4;;;;;/h;;1H;1H3;(H2,1,2,3,4);1H2;;;;/q2*+2;;;;;4*-1. The summed E-state index contributed by atoms with van der Waals surface area (Å²) in [6.07, 6.45) is 0. The Labute approximate surface area is 131 Å². The molecule has 0 aliphatic carbocycles. The molecule has 0 saturated carbocycles. The van der Waals surface area contributed by atoms with Crippen molar-refractivity contribution in [3.8, 4) is 0 Å². The van der Waals surface area contributed by atoms with Crippen LogP contribution in [-0.4, -0.2) is 98.5 Å². The summed E-state index contributed by atoms with van der Waals surface area (Å²) in [7, 11) is -4.67. The van der Waals surface area contributed by atoms with E-state index in [4.69, 9.17) is 17.5 Å². The fourth-order valence-electron chi connectivity index (χ4n) is 0. The van der Waals surface area contributed by atoms with Gasteiger partial charge in [0.15, 0.2) is 0 Å². The molecule has 0 radical (unpaired) electrons. The second-order valence-electron chi connectivity index (χ2n) is 0.448. The smallest absolute Gasteiger partial charge is 1.00 e. The van der Waals surface area contributed by atoms with Crippen LogP contribution in [0.5, 0.6) is 0 Å². The number of hydrogen-bond donors (Lipinski definition) is 3. The second-order valence-corrected chi connectivity index (χ2v) is 1.34. The minimum atomic E-state index is -4.67. The van der Waals surface area contributed by atoms with Gasteiger partial charge < -0.3 is 17.3 Å². The third-order valence-corrected chi connectivity index (χ3v) is 0. The topological polar surface area (TPSA) is 141 Å².